The van der Waals surface area contributed by atoms with E-state index in [9.17, 15) is 4.79 Å². The molecule has 1 rings (SSSR count). The molecule has 0 aromatic heterocycles. The molecule has 1 aromatic rings. The van der Waals surface area contributed by atoms with E-state index in [4.69, 9.17) is 11.6 Å². The molecule has 0 fully saturated rings. The number of hydrogen-bond donors (Lipinski definition) is 0. The van der Waals surface area contributed by atoms with Crippen LogP contribution >= 0.6 is 11.6 Å². The van der Waals surface area contributed by atoms with Crippen LogP contribution in [0, 0.1) is 0 Å². The highest BCUT2D eigenvalue weighted by atomic mass is 35.5. The number of halogens is 1. The van der Waals surface area contributed by atoms with E-state index in [2.05, 4.69) is 18.7 Å². The van der Waals surface area contributed by atoms with Gasteiger partial charge >= 0.3 is 0 Å². The summed E-state index contributed by atoms with van der Waals surface area (Å²) in [6.45, 7) is 6.64. The van der Waals surface area contributed by atoms with E-state index in [1.54, 1.807) is 6.92 Å². The number of carbonyl (C=O) groups excluding carboxylic acids is 1. The van der Waals surface area contributed by atoms with Crippen molar-refractivity contribution >= 4 is 17.4 Å². The molecular weight excluding hydrogens is 234 g/mol. The third-order valence-corrected chi connectivity index (χ3v) is 3.37. The number of carbonyl (C=O) groups is 1. The van der Waals surface area contributed by atoms with Crippen LogP contribution in [-0.4, -0.2) is 30.3 Å². The van der Waals surface area contributed by atoms with Crippen LogP contribution in [0.2, 0.25) is 5.02 Å². The molecule has 0 spiro atoms. The van der Waals surface area contributed by atoms with Crippen LogP contribution in [0.15, 0.2) is 24.3 Å². The topological polar surface area (TPSA) is 20.3 Å². The highest BCUT2D eigenvalue weighted by Gasteiger charge is 2.19. The first-order valence-electron chi connectivity index (χ1n) is 5.88. The fraction of sp³-hybridized carbons (Fsp3) is 0.500. The Hall–Kier alpha value is -0.860. The van der Waals surface area contributed by atoms with Gasteiger partial charge in [-0.25, -0.2) is 0 Å². The Morgan fingerprint density at radius 2 is 1.82 bits per heavy atom. The van der Waals surface area contributed by atoms with E-state index in [0.717, 1.165) is 12.1 Å². The molecule has 0 N–H and O–H groups in total. The van der Waals surface area contributed by atoms with Gasteiger partial charge in [0.25, 0.3) is 0 Å². The molecule has 0 bridgehead atoms. The van der Waals surface area contributed by atoms with E-state index >= 15 is 0 Å². The minimum atomic E-state index is -0.0698. The summed E-state index contributed by atoms with van der Waals surface area (Å²) in [6.07, 6.45) is 0. The van der Waals surface area contributed by atoms with Gasteiger partial charge < -0.3 is 4.90 Å². The molecule has 0 saturated carbocycles. The van der Waals surface area contributed by atoms with Crippen LogP contribution in [0.25, 0.3) is 0 Å². The van der Waals surface area contributed by atoms with Gasteiger partial charge in [0.05, 0.1) is 5.92 Å². The van der Waals surface area contributed by atoms with E-state index < -0.39 is 0 Å². The summed E-state index contributed by atoms with van der Waals surface area (Å²) in [4.78, 5) is 13.9. The Morgan fingerprint density at radius 3 is 2.24 bits per heavy atom. The van der Waals surface area contributed by atoms with E-state index in [-0.39, 0.29) is 11.7 Å². The Morgan fingerprint density at radius 1 is 1.29 bits per heavy atom. The van der Waals surface area contributed by atoms with Gasteiger partial charge in [-0.05, 0) is 45.5 Å². The van der Waals surface area contributed by atoms with Crippen LogP contribution in [0.1, 0.15) is 32.3 Å². The lowest BCUT2D eigenvalue weighted by molar-refractivity contribution is -0.118. The van der Waals surface area contributed by atoms with Crippen molar-refractivity contribution in [2.75, 3.05) is 13.6 Å². The molecule has 2 nitrogen and oxygen atoms in total. The molecule has 0 aliphatic heterocycles. The molecule has 1 aromatic carbocycles. The lowest BCUT2D eigenvalue weighted by Gasteiger charge is -2.25. The van der Waals surface area contributed by atoms with Crippen molar-refractivity contribution in [1.82, 2.24) is 4.90 Å². The molecule has 94 valence electrons. The summed E-state index contributed by atoms with van der Waals surface area (Å²) in [5, 5.41) is 0.702. The second-order valence-corrected chi connectivity index (χ2v) is 5.18. The number of benzene rings is 1. The van der Waals surface area contributed by atoms with Gasteiger partial charge in [-0.15, -0.1) is 0 Å². The second-order valence-electron chi connectivity index (χ2n) is 4.75. The van der Waals surface area contributed by atoms with Gasteiger partial charge in [0, 0.05) is 17.6 Å². The van der Waals surface area contributed by atoms with Crippen LogP contribution in [-0.2, 0) is 4.79 Å². The smallest absolute Gasteiger partial charge is 0.138 e. The monoisotopic (exact) mass is 253 g/mol. The Balaban J connectivity index is 2.86. The van der Waals surface area contributed by atoms with Gasteiger partial charge in [-0.3, -0.25) is 4.79 Å². The summed E-state index contributed by atoms with van der Waals surface area (Å²) in [5.41, 5.74) is 1.04. The molecule has 1 atom stereocenters. The van der Waals surface area contributed by atoms with Gasteiger partial charge in [0.15, 0.2) is 0 Å². The number of hydrogen-bond acceptors (Lipinski definition) is 2. The molecule has 3 heteroatoms. The fourth-order valence-corrected chi connectivity index (χ4v) is 1.79. The van der Waals surface area contributed by atoms with Crippen LogP contribution in [0.4, 0.5) is 0 Å². The maximum atomic E-state index is 11.7. The summed E-state index contributed by atoms with van der Waals surface area (Å²) in [5.74, 6) is 0.125. The summed E-state index contributed by atoms with van der Waals surface area (Å²) < 4.78 is 0. The number of Topliss-reactive ketones (excluding diaryl/α,β-unsaturated/α-hetero) is 1. The molecule has 0 aliphatic carbocycles. The van der Waals surface area contributed by atoms with Crippen LogP contribution in [0.3, 0.4) is 0 Å². The minimum absolute atomic E-state index is 0.0698. The maximum absolute atomic E-state index is 11.7. The number of likely N-dealkylation sites (N-methyl/N-ethyl adjacent to an activating group) is 1. The first-order valence-corrected chi connectivity index (χ1v) is 6.25. The Bertz CT molecular complexity index is 372. The zero-order valence-electron chi connectivity index (χ0n) is 10.9. The largest absolute Gasteiger partial charge is 0.303 e. The zero-order chi connectivity index (χ0) is 13.0. The highest BCUT2D eigenvalue weighted by molar-refractivity contribution is 6.30. The fourth-order valence-electron chi connectivity index (χ4n) is 1.66. The summed E-state index contributed by atoms with van der Waals surface area (Å²) in [6, 6.07) is 7.97. The summed E-state index contributed by atoms with van der Waals surface area (Å²) >= 11 is 5.86. The van der Waals surface area contributed by atoms with Crippen molar-refractivity contribution in [2.24, 2.45) is 0 Å². The second kappa shape index (κ2) is 6.18. The molecule has 0 unspecified atom stereocenters. The standard InChI is InChI=1S/C14H20ClNO/c1-10(2)16(4)9-14(11(3)17)12-5-7-13(15)8-6-12/h5-8,10,14H,9H2,1-4H3/t14-/m0/s1. The van der Waals surface area contributed by atoms with E-state index in [0.29, 0.717) is 11.1 Å². The molecule has 0 aliphatic rings. The predicted molar refractivity (Wildman–Crippen MR) is 72.6 cm³/mol. The van der Waals surface area contributed by atoms with Gasteiger partial charge in [0.2, 0.25) is 0 Å². The highest BCUT2D eigenvalue weighted by Crippen LogP contribution is 2.21. The van der Waals surface area contributed by atoms with Crippen molar-refractivity contribution in [3.63, 3.8) is 0 Å². The average molecular weight is 254 g/mol. The van der Waals surface area contributed by atoms with E-state index in [1.165, 1.54) is 0 Å². The summed E-state index contributed by atoms with van der Waals surface area (Å²) in [7, 11) is 2.04. The molecule has 0 saturated heterocycles. The first-order chi connectivity index (χ1) is 7.91. The lowest BCUT2D eigenvalue weighted by atomic mass is 9.94. The minimum Gasteiger partial charge on any atom is -0.303 e. The third-order valence-electron chi connectivity index (χ3n) is 3.12. The normalized spacial score (nSPS) is 13.1. The molecule has 0 radical (unpaired) electrons. The number of rotatable bonds is 5. The molecule has 0 heterocycles. The van der Waals surface area contributed by atoms with Crippen molar-refractivity contribution in [3.05, 3.63) is 34.9 Å². The number of nitrogens with zero attached hydrogens (tertiary/aromatic N) is 1. The van der Waals surface area contributed by atoms with E-state index in [1.807, 2.05) is 31.3 Å². The molecular formula is C14H20ClNO. The lowest BCUT2D eigenvalue weighted by Crippen LogP contribution is -2.33. The molecule has 0 amide bonds. The van der Waals surface area contributed by atoms with Crippen LogP contribution < -0.4 is 0 Å². The van der Waals surface area contributed by atoms with Crippen molar-refractivity contribution in [1.29, 1.82) is 0 Å². The van der Waals surface area contributed by atoms with Crippen molar-refractivity contribution < 1.29 is 4.79 Å². The average Bonchev–Trinajstić information content (AvgIpc) is 2.26. The van der Waals surface area contributed by atoms with Crippen molar-refractivity contribution in [2.45, 2.75) is 32.7 Å². The zero-order valence-corrected chi connectivity index (χ0v) is 11.7. The quantitative estimate of drug-likeness (QED) is 0.802. The van der Waals surface area contributed by atoms with Gasteiger partial charge in [-0.2, -0.15) is 0 Å². The number of ketones is 1. The maximum Gasteiger partial charge on any atom is 0.138 e. The van der Waals surface area contributed by atoms with Gasteiger partial charge in [-0.1, -0.05) is 23.7 Å². The Labute approximate surface area is 109 Å². The van der Waals surface area contributed by atoms with Crippen LogP contribution in [0.5, 0.6) is 0 Å². The molecule has 17 heavy (non-hydrogen) atoms. The first kappa shape index (κ1) is 14.2. The van der Waals surface area contributed by atoms with Crippen molar-refractivity contribution in [3.8, 4) is 0 Å². The SMILES string of the molecule is CC(=O)[C@H](CN(C)C(C)C)c1ccc(Cl)cc1. The third kappa shape index (κ3) is 4.14. The van der Waals surface area contributed by atoms with Gasteiger partial charge in [0.1, 0.15) is 5.78 Å². The predicted octanol–water partition coefficient (Wildman–Crippen LogP) is 3.35. The Kier molecular flexibility index (Phi) is 5.16.